The molecule has 19 heavy (non-hydrogen) atoms. The third-order valence-electron chi connectivity index (χ3n) is 2.61. The highest BCUT2D eigenvalue weighted by atomic mass is 19.1. The molecule has 2 rings (SSSR count). The standard InChI is InChI=1S/C14H17FN4/c1-2-3-9-16-13-8-10-17-14(19-13)18-12-7-5-4-6-11(12)15/h4-8,10H,2-3,9H2,1H3,(H2,16,17,18,19). The van der Waals surface area contributed by atoms with Gasteiger partial charge >= 0.3 is 0 Å². The second kappa shape index (κ2) is 6.68. The fourth-order valence-corrected chi connectivity index (χ4v) is 1.59. The molecule has 0 radical (unpaired) electrons. The zero-order chi connectivity index (χ0) is 13.5. The molecule has 0 amide bonds. The number of hydrogen-bond donors (Lipinski definition) is 2. The van der Waals surface area contributed by atoms with E-state index in [1.165, 1.54) is 6.07 Å². The summed E-state index contributed by atoms with van der Waals surface area (Å²) >= 11 is 0. The molecule has 0 atom stereocenters. The molecule has 100 valence electrons. The van der Waals surface area contributed by atoms with Gasteiger partial charge in [0.1, 0.15) is 11.6 Å². The first-order chi connectivity index (χ1) is 9.29. The van der Waals surface area contributed by atoms with Crippen LogP contribution in [-0.2, 0) is 0 Å². The van der Waals surface area contributed by atoms with E-state index in [0.29, 0.717) is 11.6 Å². The van der Waals surface area contributed by atoms with E-state index in [1.54, 1.807) is 30.5 Å². The Balaban J connectivity index is 2.05. The number of hydrogen-bond acceptors (Lipinski definition) is 4. The number of halogens is 1. The van der Waals surface area contributed by atoms with E-state index in [9.17, 15) is 4.39 Å². The van der Waals surface area contributed by atoms with Crippen LogP contribution in [0.3, 0.4) is 0 Å². The Kier molecular flexibility index (Phi) is 4.66. The highest BCUT2D eigenvalue weighted by molar-refractivity contribution is 5.55. The molecule has 4 nitrogen and oxygen atoms in total. The van der Waals surface area contributed by atoms with E-state index >= 15 is 0 Å². The highest BCUT2D eigenvalue weighted by Gasteiger charge is 2.03. The first-order valence-corrected chi connectivity index (χ1v) is 6.38. The molecule has 1 aromatic heterocycles. The largest absolute Gasteiger partial charge is 0.370 e. The molecular formula is C14H17FN4. The summed E-state index contributed by atoms with van der Waals surface area (Å²) in [5.74, 6) is 0.796. The zero-order valence-corrected chi connectivity index (χ0v) is 10.9. The Bertz CT molecular complexity index is 530. The molecule has 0 bridgehead atoms. The van der Waals surface area contributed by atoms with Crippen LogP contribution in [-0.4, -0.2) is 16.5 Å². The Hall–Kier alpha value is -2.17. The monoisotopic (exact) mass is 260 g/mol. The van der Waals surface area contributed by atoms with Crippen molar-refractivity contribution >= 4 is 17.5 Å². The number of rotatable bonds is 6. The lowest BCUT2D eigenvalue weighted by Crippen LogP contribution is -2.05. The number of nitrogens with one attached hydrogen (secondary N) is 2. The van der Waals surface area contributed by atoms with Crippen LogP contribution in [0.1, 0.15) is 19.8 Å². The Morgan fingerprint density at radius 2 is 2.05 bits per heavy atom. The molecule has 1 heterocycles. The molecule has 0 aliphatic rings. The molecule has 0 aliphatic carbocycles. The van der Waals surface area contributed by atoms with Crippen LogP contribution in [0.25, 0.3) is 0 Å². The molecule has 0 saturated carbocycles. The van der Waals surface area contributed by atoms with Crippen molar-refractivity contribution in [2.24, 2.45) is 0 Å². The maximum atomic E-state index is 13.5. The molecule has 0 saturated heterocycles. The molecule has 5 heteroatoms. The van der Waals surface area contributed by atoms with Gasteiger partial charge < -0.3 is 10.6 Å². The van der Waals surface area contributed by atoms with Gasteiger partial charge in [-0.3, -0.25) is 0 Å². The van der Waals surface area contributed by atoms with Gasteiger partial charge in [-0.05, 0) is 24.6 Å². The van der Waals surface area contributed by atoms with Gasteiger partial charge in [0.2, 0.25) is 5.95 Å². The minimum Gasteiger partial charge on any atom is -0.370 e. The van der Waals surface area contributed by atoms with Gasteiger partial charge in [-0.15, -0.1) is 0 Å². The average molecular weight is 260 g/mol. The molecule has 0 aliphatic heterocycles. The van der Waals surface area contributed by atoms with E-state index in [0.717, 1.165) is 25.2 Å². The quantitative estimate of drug-likeness (QED) is 0.779. The third-order valence-corrected chi connectivity index (χ3v) is 2.61. The lowest BCUT2D eigenvalue weighted by molar-refractivity contribution is 0.631. The first kappa shape index (κ1) is 13.3. The number of benzene rings is 1. The van der Waals surface area contributed by atoms with Crippen LogP contribution >= 0.6 is 0 Å². The Labute approximate surface area is 112 Å². The number of unbranched alkanes of at least 4 members (excludes halogenated alkanes) is 1. The Morgan fingerprint density at radius 3 is 2.84 bits per heavy atom. The van der Waals surface area contributed by atoms with Crippen LogP contribution in [0.15, 0.2) is 36.5 Å². The minimum atomic E-state index is -0.324. The normalized spacial score (nSPS) is 10.2. The topological polar surface area (TPSA) is 49.8 Å². The van der Waals surface area contributed by atoms with Crippen molar-refractivity contribution in [3.63, 3.8) is 0 Å². The van der Waals surface area contributed by atoms with Crippen LogP contribution in [0.4, 0.5) is 21.8 Å². The lowest BCUT2D eigenvalue weighted by atomic mass is 10.3. The van der Waals surface area contributed by atoms with E-state index < -0.39 is 0 Å². The van der Waals surface area contributed by atoms with Crippen LogP contribution < -0.4 is 10.6 Å². The lowest BCUT2D eigenvalue weighted by Gasteiger charge is -2.08. The number of para-hydroxylation sites is 1. The summed E-state index contributed by atoms with van der Waals surface area (Å²) in [6.45, 7) is 3.00. The Morgan fingerprint density at radius 1 is 1.21 bits per heavy atom. The van der Waals surface area contributed by atoms with Gasteiger partial charge in [0.15, 0.2) is 0 Å². The van der Waals surface area contributed by atoms with Crippen LogP contribution in [0.5, 0.6) is 0 Å². The van der Waals surface area contributed by atoms with Crippen molar-refractivity contribution in [3.8, 4) is 0 Å². The first-order valence-electron chi connectivity index (χ1n) is 6.38. The summed E-state index contributed by atoms with van der Waals surface area (Å²) in [4.78, 5) is 8.36. The van der Waals surface area contributed by atoms with E-state index in [1.807, 2.05) is 0 Å². The smallest absolute Gasteiger partial charge is 0.229 e. The average Bonchev–Trinajstić information content (AvgIpc) is 2.42. The van der Waals surface area contributed by atoms with Gasteiger partial charge in [-0.1, -0.05) is 25.5 Å². The summed E-state index contributed by atoms with van der Waals surface area (Å²) in [6.07, 6.45) is 3.85. The molecule has 0 fully saturated rings. The minimum absolute atomic E-state index is 0.324. The van der Waals surface area contributed by atoms with Gasteiger partial charge in [0.05, 0.1) is 5.69 Å². The highest BCUT2D eigenvalue weighted by Crippen LogP contribution is 2.17. The second-order valence-electron chi connectivity index (χ2n) is 4.15. The van der Waals surface area contributed by atoms with Gasteiger partial charge in [-0.25, -0.2) is 9.37 Å². The SMILES string of the molecule is CCCCNc1ccnc(Nc2ccccc2F)n1. The second-order valence-corrected chi connectivity index (χ2v) is 4.15. The van der Waals surface area contributed by atoms with Crippen LogP contribution in [0.2, 0.25) is 0 Å². The van der Waals surface area contributed by atoms with Crippen molar-refractivity contribution < 1.29 is 4.39 Å². The summed E-state index contributed by atoms with van der Waals surface area (Å²) in [7, 11) is 0. The van der Waals surface area contributed by atoms with Crippen molar-refractivity contribution in [2.45, 2.75) is 19.8 Å². The van der Waals surface area contributed by atoms with Crippen LogP contribution in [0, 0.1) is 5.82 Å². The number of nitrogens with zero attached hydrogens (tertiary/aromatic N) is 2. The molecule has 2 N–H and O–H groups in total. The molecule has 0 spiro atoms. The zero-order valence-electron chi connectivity index (χ0n) is 10.9. The van der Waals surface area contributed by atoms with Crippen molar-refractivity contribution in [1.82, 2.24) is 9.97 Å². The van der Waals surface area contributed by atoms with Crippen molar-refractivity contribution in [1.29, 1.82) is 0 Å². The van der Waals surface area contributed by atoms with E-state index in [4.69, 9.17) is 0 Å². The summed E-state index contributed by atoms with van der Waals surface area (Å²) in [5.41, 5.74) is 0.369. The number of aromatic nitrogens is 2. The molecule has 0 unspecified atom stereocenters. The van der Waals surface area contributed by atoms with Gasteiger partial charge in [0, 0.05) is 12.7 Å². The van der Waals surface area contributed by atoms with Crippen molar-refractivity contribution in [2.75, 3.05) is 17.2 Å². The van der Waals surface area contributed by atoms with Gasteiger partial charge in [-0.2, -0.15) is 4.98 Å². The predicted molar refractivity (Wildman–Crippen MR) is 75.1 cm³/mol. The third kappa shape index (κ3) is 3.91. The van der Waals surface area contributed by atoms with Crippen molar-refractivity contribution in [3.05, 3.63) is 42.3 Å². The maximum Gasteiger partial charge on any atom is 0.229 e. The summed E-state index contributed by atoms with van der Waals surface area (Å²) in [5, 5.41) is 6.07. The van der Waals surface area contributed by atoms with E-state index in [2.05, 4.69) is 27.5 Å². The predicted octanol–water partition coefficient (Wildman–Crippen LogP) is 3.57. The summed E-state index contributed by atoms with van der Waals surface area (Å²) < 4.78 is 13.5. The fraction of sp³-hybridized carbons (Fsp3) is 0.286. The van der Waals surface area contributed by atoms with E-state index in [-0.39, 0.29) is 5.82 Å². The molecular weight excluding hydrogens is 243 g/mol. The fourth-order valence-electron chi connectivity index (χ4n) is 1.59. The molecule has 2 aromatic rings. The van der Waals surface area contributed by atoms with Gasteiger partial charge in [0.25, 0.3) is 0 Å². The number of anilines is 3. The molecule has 1 aromatic carbocycles. The summed E-state index contributed by atoms with van der Waals surface area (Å²) in [6, 6.07) is 8.24. The maximum absolute atomic E-state index is 13.5.